The number of piperidine rings is 2. The average Bonchev–Trinajstić information content (AvgIpc) is 2.93. The zero-order valence-corrected chi connectivity index (χ0v) is 13.8. The minimum absolute atomic E-state index is 0.220. The van der Waals surface area contributed by atoms with Crippen LogP contribution in [0.2, 0.25) is 0 Å². The van der Waals surface area contributed by atoms with Crippen molar-refractivity contribution in [2.24, 2.45) is 5.92 Å². The second-order valence-corrected chi connectivity index (χ2v) is 7.42. The van der Waals surface area contributed by atoms with Crippen LogP contribution in [0, 0.1) is 12.8 Å². The van der Waals surface area contributed by atoms with Crippen LogP contribution in [0.4, 0.5) is 0 Å². The molecule has 2 aliphatic rings. The Bertz CT molecular complexity index is 501. The predicted octanol–water partition coefficient (Wildman–Crippen LogP) is 2.55. The van der Waals surface area contributed by atoms with E-state index in [0.717, 1.165) is 44.6 Å². The first-order valence-electron chi connectivity index (χ1n) is 8.07. The lowest BCUT2D eigenvalue weighted by Gasteiger charge is -2.36. The van der Waals surface area contributed by atoms with Gasteiger partial charge in [-0.25, -0.2) is 4.98 Å². The van der Waals surface area contributed by atoms with Crippen LogP contribution >= 0.6 is 11.3 Å². The van der Waals surface area contributed by atoms with Crippen LogP contribution in [-0.4, -0.2) is 41.5 Å². The molecule has 2 saturated heterocycles. The molecule has 116 valence electrons. The Morgan fingerprint density at radius 1 is 1.48 bits per heavy atom. The molecule has 1 unspecified atom stereocenters. The van der Waals surface area contributed by atoms with Crippen molar-refractivity contribution in [3.05, 3.63) is 16.1 Å². The van der Waals surface area contributed by atoms with Gasteiger partial charge in [-0.3, -0.25) is 4.79 Å². The Hall–Kier alpha value is -0.940. The molecular weight excluding hydrogens is 282 g/mol. The number of carbonyl (C=O) groups is 1. The number of aryl methyl sites for hydroxylation is 1. The monoisotopic (exact) mass is 307 g/mol. The van der Waals surface area contributed by atoms with Crippen LogP contribution in [0.25, 0.3) is 0 Å². The SMILES string of the molecule is Cc1csc(C2CCCN(C(=O)[C@H]3CCN[C@@H](C)C3)C2)n1. The summed E-state index contributed by atoms with van der Waals surface area (Å²) in [5.41, 5.74) is 1.10. The van der Waals surface area contributed by atoms with E-state index in [1.165, 1.54) is 11.4 Å². The van der Waals surface area contributed by atoms with Gasteiger partial charge in [0.05, 0.1) is 5.01 Å². The maximum absolute atomic E-state index is 12.8. The highest BCUT2D eigenvalue weighted by Gasteiger charge is 2.32. The topological polar surface area (TPSA) is 45.2 Å². The normalized spacial score (nSPS) is 30.4. The second-order valence-electron chi connectivity index (χ2n) is 6.53. The van der Waals surface area contributed by atoms with Gasteiger partial charge in [0.1, 0.15) is 0 Å². The van der Waals surface area contributed by atoms with Crippen molar-refractivity contribution in [2.75, 3.05) is 19.6 Å². The molecule has 1 aromatic heterocycles. The predicted molar refractivity (Wildman–Crippen MR) is 85.6 cm³/mol. The van der Waals surface area contributed by atoms with Crippen molar-refractivity contribution in [1.82, 2.24) is 15.2 Å². The summed E-state index contributed by atoms with van der Waals surface area (Å²) >= 11 is 1.75. The molecule has 1 aromatic rings. The fraction of sp³-hybridized carbons (Fsp3) is 0.750. The Balaban J connectivity index is 1.64. The zero-order chi connectivity index (χ0) is 14.8. The summed E-state index contributed by atoms with van der Waals surface area (Å²) in [6.45, 7) is 6.99. The fourth-order valence-corrected chi connectivity index (χ4v) is 4.48. The largest absolute Gasteiger partial charge is 0.342 e. The highest BCUT2D eigenvalue weighted by atomic mass is 32.1. The lowest BCUT2D eigenvalue weighted by molar-refractivity contribution is -0.138. The van der Waals surface area contributed by atoms with Gasteiger partial charge in [0.15, 0.2) is 0 Å². The Morgan fingerprint density at radius 2 is 2.33 bits per heavy atom. The number of aromatic nitrogens is 1. The van der Waals surface area contributed by atoms with Crippen LogP contribution < -0.4 is 5.32 Å². The molecule has 1 amide bonds. The summed E-state index contributed by atoms with van der Waals surface area (Å²) in [5, 5.41) is 6.76. The van der Waals surface area contributed by atoms with Crippen LogP contribution in [-0.2, 0) is 4.79 Å². The number of nitrogens with one attached hydrogen (secondary N) is 1. The molecule has 2 aliphatic heterocycles. The minimum Gasteiger partial charge on any atom is -0.342 e. The molecule has 21 heavy (non-hydrogen) atoms. The van der Waals surface area contributed by atoms with Gasteiger partial charge in [0, 0.05) is 42.0 Å². The van der Waals surface area contributed by atoms with Gasteiger partial charge < -0.3 is 10.2 Å². The zero-order valence-electron chi connectivity index (χ0n) is 13.0. The van der Waals surface area contributed by atoms with Crippen molar-refractivity contribution in [3.8, 4) is 0 Å². The molecular formula is C16H25N3OS. The Kier molecular flexibility index (Phi) is 4.60. The summed E-state index contributed by atoms with van der Waals surface area (Å²) in [6, 6.07) is 0.467. The van der Waals surface area contributed by atoms with E-state index in [2.05, 4.69) is 27.5 Å². The molecule has 0 spiro atoms. The number of nitrogens with zero attached hydrogens (tertiary/aromatic N) is 2. The first-order valence-corrected chi connectivity index (χ1v) is 8.95. The second kappa shape index (κ2) is 6.44. The fourth-order valence-electron chi connectivity index (χ4n) is 3.55. The van der Waals surface area contributed by atoms with Gasteiger partial charge in [-0.05, 0) is 46.1 Å². The lowest BCUT2D eigenvalue weighted by atomic mass is 9.90. The van der Waals surface area contributed by atoms with E-state index in [0.29, 0.717) is 17.9 Å². The maximum atomic E-state index is 12.8. The summed E-state index contributed by atoms with van der Waals surface area (Å²) in [6.07, 6.45) is 4.24. The Labute approximate surface area is 130 Å². The minimum atomic E-state index is 0.220. The van der Waals surface area contributed by atoms with E-state index in [1.54, 1.807) is 11.3 Å². The summed E-state index contributed by atoms with van der Waals surface area (Å²) < 4.78 is 0. The van der Waals surface area contributed by atoms with E-state index in [9.17, 15) is 4.79 Å². The van der Waals surface area contributed by atoms with Crippen molar-refractivity contribution >= 4 is 17.2 Å². The smallest absolute Gasteiger partial charge is 0.225 e. The van der Waals surface area contributed by atoms with Crippen LogP contribution in [0.15, 0.2) is 5.38 Å². The van der Waals surface area contributed by atoms with Gasteiger partial charge in [-0.15, -0.1) is 11.3 Å². The molecule has 3 rings (SSSR count). The van der Waals surface area contributed by atoms with Crippen LogP contribution in [0.5, 0.6) is 0 Å². The number of carbonyl (C=O) groups excluding carboxylic acids is 1. The lowest BCUT2D eigenvalue weighted by Crippen LogP contribution is -2.47. The highest BCUT2D eigenvalue weighted by Crippen LogP contribution is 2.30. The summed E-state index contributed by atoms with van der Waals surface area (Å²) in [4.78, 5) is 19.5. The average molecular weight is 307 g/mol. The molecule has 3 heterocycles. The van der Waals surface area contributed by atoms with E-state index in [-0.39, 0.29) is 5.92 Å². The molecule has 1 N–H and O–H groups in total. The van der Waals surface area contributed by atoms with E-state index in [4.69, 9.17) is 0 Å². The van der Waals surface area contributed by atoms with E-state index < -0.39 is 0 Å². The first-order chi connectivity index (χ1) is 10.1. The molecule has 0 bridgehead atoms. The van der Waals surface area contributed by atoms with Gasteiger partial charge in [-0.2, -0.15) is 0 Å². The molecule has 0 aromatic carbocycles. The summed E-state index contributed by atoms with van der Waals surface area (Å²) in [5.74, 6) is 1.04. The van der Waals surface area contributed by atoms with Crippen molar-refractivity contribution in [1.29, 1.82) is 0 Å². The van der Waals surface area contributed by atoms with E-state index in [1.807, 2.05) is 6.92 Å². The van der Waals surface area contributed by atoms with Gasteiger partial charge in [-0.1, -0.05) is 0 Å². The third-order valence-corrected chi connectivity index (χ3v) is 5.82. The molecule has 5 heteroatoms. The summed E-state index contributed by atoms with van der Waals surface area (Å²) in [7, 11) is 0. The number of hydrogen-bond donors (Lipinski definition) is 1. The molecule has 4 nitrogen and oxygen atoms in total. The maximum Gasteiger partial charge on any atom is 0.225 e. The van der Waals surface area contributed by atoms with E-state index >= 15 is 0 Å². The number of thiazole rings is 1. The molecule has 0 saturated carbocycles. The highest BCUT2D eigenvalue weighted by molar-refractivity contribution is 7.09. The number of hydrogen-bond acceptors (Lipinski definition) is 4. The molecule has 3 atom stereocenters. The van der Waals surface area contributed by atoms with Crippen LogP contribution in [0.3, 0.4) is 0 Å². The van der Waals surface area contributed by atoms with Gasteiger partial charge in [0.2, 0.25) is 5.91 Å². The van der Waals surface area contributed by atoms with Crippen molar-refractivity contribution < 1.29 is 4.79 Å². The van der Waals surface area contributed by atoms with Gasteiger partial charge >= 0.3 is 0 Å². The number of amides is 1. The number of likely N-dealkylation sites (tertiary alicyclic amines) is 1. The molecule has 2 fully saturated rings. The third-order valence-electron chi connectivity index (χ3n) is 4.69. The number of rotatable bonds is 2. The standard InChI is InChI=1S/C16H25N3OS/c1-11-8-13(5-6-17-11)16(20)19-7-3-4-14(9-19)15-18-12(2)10-21-15/h10-11,13-14,17H,3-9H2,1-2H3/t11-,13-,14?/m0/s1. The first kappa shape index (κ1) is 15.0. The van der Waals surface area contributed by atoms with Crippen LogP contribution in [0.1, 0.15) is 49.2 Å². The third kappa shape index (κ3) is 3.46. The Morgan fingerprint density at radius 3 is 3.05 bits per heavy atom. The quantitative estimate of drug-likeness (QED) is 0.913. The van der Waals surface area contributed by atoms with Gasteiger partial charge in [0.25, 0.3) is 0 Å². The van der Waals surface area contributed by atoms with Crippen molar-refractivity contribution in [2.45, 2.75) is 51.5 Å². The van der Waals surface area contributed by atoms with Crippen molar-refractivity contribution in [3.63, 3.8) is 0 Å². The molecule has 0 radical (unpaired) electrons. The molecule has 0 aliphatic carbocycles.